The summed E-state index contributed by atoms with van der Waals surface area (Å²) in [6.07, 6.45) is 2.86. The number of aliphatic hydroxyl groups is 1. The van der Waals surface area contributed by atoms with Crippen LogP contribution in [0.2, 0.25) is 0 Å². The number of fused-ring (bicyclic) bond motifs is 1. The molecule has 1 fully saturated rings. The number of thiazole rings is 1. The highest BCUT2D eigenvalue weighted by molar-refractivity contribution is 7.15. The number of nitrogens with zero attached hydrogens (tertiary/aromatic N) is 4. The Morgan fingerprint density at radius 2 is 1.90 bits per heavy atom. The first-order valence-corrected chi connectivity index (χ1v) is 11.2. The van der Waals surface area contributed by atoms with Gasteiger partial charge in [-0.25, -0.2) is 4.98 Å². The Balaban J connectivity index is 1.47. The fourth-order valence-corrected chi connectivity index (χ4v) is 5.05. The van der Waals surface area contributed by atoms with Crippen molar-refractivity contribution in [3.8, 4) is 11.5 Å². The van der Waals surface area contributed by atoms with Crippen molar-refractivity contribution in [1.29, 1.82) is 0 Å². The van der Waals surface area contributed by atoms with Crippen molar-refractivity contribution in [2.75, 3.05) is 40.5 Å². The standard InChI is InChI=1S/C22H30N4O3S/c1-16-21(26-7-9-30-22(26)23-16)15-24-5-6-25(18(14-24)4-8-27)13-17-10-19(28-2)12-20(11-17)29-3/h7,9-12,18,27H,4-6,8,13-15H2,1-3H3. The van der Waals surface area contributed by atoms with E-state index in [9.17, 15) is 5.11 Å². The zero-order valence-electron chi connectivity index (χ0n) is 17.9. The molecule has 0 saturated carbocycles. The summed E-state index contributed by atoms with van der Waals surface area (Å²) in [5, 5.41) is 11.8. The molecule has 30 heavy (non-hydrogen) atoms. The molecule has 0 spiro atoms. The topological polar surface area (TPSA) is 62.5 Å². The molecule has 162 valence electrons. The van der Waals surface area contributed by atoms with Gasteiger partial charge in [0, 0.05) is 63.0 Å². The molecule has 7 nitrogen and oxygen atoms in total. The van der Waals surface area contributed by atoms with Crippen LogP contribution in [0.25, 0.3) is 4.96 Å². The number of hydrogen-bond acceptors (Lipinski definition) is 7. The molecular formula is C22H30N4O3S. The predicted molar refractivity (Wildman–Crippen MR) is 119 cm³/mol. The quantitative estimate of drug-likeness (QED) is 0.593. The number of aryl methyl sites for hydroxylation is 1. The fourth-order valence-electron chi connectivity index (χ4n) is 4.27. The van der Waals surface area contributed by atoms with Crippen molar-refractivity contribution in [3.05, 3.63) is 46.7 Å². The lowest BCUT2D eigenvalue weighted by atomic mass is 10.1. The molecule has 0 aliphatic carbocycles. The molecule has 0 radical (unpaired) electrons. The first-order valence-electron chi connectivity index (χ1n) is 10.3. The Labute approximate surface area is 181 Å². The van der Waals surface area contributed by atoms with Crippen molar-refractivity contribution in [2.45, 2.75) is 32.5 Å². The van der Waals surface area contributed by atoms with Crippen LogP contribution in [0.3, 0.4) is 0 Å². The highest BCUT2D eigenvalue weighted by atomic mass is 32.1. The van der Waals surface area contributed by atoms with Crippen LogP contribution in [0.1, 0.15) is 23.4 Å². The average Bonchev–Trinajstić information content (AvgIpc) is 3.31. The molecular weight excluding hydrogens is 400 g/mol. The van der Waals surface area contributed by atoms with Crippen molar-refractivity contribution < 1.29 is 14.6 Å². The molecule has 0 bridgehead atoms. The van der Waals surface area contributed by atoms with E-state index in [2.05, 4.69) is 49.8 Å². The van der Waals surface area contributed by atoms with Crippen LogP contribution in [0.15, 0.2) is 29.8 Å². The number of piperazine rings is 1. The van der Waals surface area contributed by atoms with E-state index in [4.69, 9.17) is 9.47 Å². The van der Waals surface area contributed by atoms with Gasteiger partial charge in [0.15, 0.2) is 4.96 Å². The Morgan fingerprint density at radius 1 is 1.13 bits per heavy atom. The molecule has 8 heteroatoms. The van der Waals surface area contributed by atoms with Gasteiger partial charge in [0.2, 0.25) is 0 Å². The minimum atomic E-state index is 0.191. The number of methoxy groups -OCH3 is 2. The largest absolute Gasteiger partial charge is 0.497 e. The van der Waals surface area contributed by atoms with Crippen molar-refractivity contribution >= 4 is 16.3 Å². The molecule has 1 N–H and O–H groups in total. The van der Waals surface area contributed by atoms with E-state index in [1.807, 2.05) is 6.07 Å². The molecule has 3 heterocycles. The van der Waals surface area contributed by atoms with Gasteiger partial charge in [-0.3, -0.25) is 14.2 Å². The summed E-state index contributed by atoms with van der Waals surface area (Å²) in [4.78, 5) is 10.7. The van der Waals surface area contributed by atoms with Gasteiger partial charge in [0.1, 0.15) is 11.5 Å². The van der Waals surface area contributed by atoms with E-state index in [1.165, 1.54) is 5.69 Å². The number of aromatic nitrogens is 2. The lowest BCUT2D eigenvalue weighted by Crippen LogP contribution is -2.52. The second kappa shape index (κ2) is 9.34. The SMILES string of the molecule is COc1cc(CN2CCN(Cc3c(C)nc4sccn34)CC2CCO)cc(OC)c1. The zero-order chi connectivity index (χ0) is 21.1. The van der Waals surface area contributed by atoms with Crippen LogP contribution in [-0.2, 0) is 13.1 Å². The van der Waals surface area contributed by atoms with E-state index >= 15 is 0 Å². The smallest absolute Gasteiger partial charge is 0.194 e. The van der Waals surface area contributed by atoms with Gasteiger partial charge in [0.05, 0.1) is 25.6 Å². The molecule has 1 aromatic carbocycles. The number of hydrogen-bond donors (Lipinski definition) is 1. The first-order chi connectivity index (χ1) is 14.6. The maximum atomic E-state index is 9.67. The molecule has 1 aliphatic rings. The normalized spacial score (nSPS) is 18.2. The third kappa shape index (κ3) is 4.46. The van der Waals surface area contributed by atoms with E-state index in [0.29, 0.717) is 6.04 Å². The van der Waals surface area contributed by atoms with E-state index < -0.39 is 0 Å². The maximum Gasteiger partial charge on any atom is 0.194 e. The summed E-state index contributed by atoms with van der Waals surface area (Å²) in [6.45, 7) is 6.84. The fraction of sp³-hybridized carbons (Fsp3) is 0.500. The van der Waals surface area contributed by atoms with Gasteiger partial charge in [-0.1, -0.05) is 0 Å². The Bertz CT molecular complexity index is 964. The van der Waals surface area contributed by atoms with Crippen LogP contribution >= 0.6 is 11.3 Å². The van der Waals surface area contributed by atoms with Crippen LogP contribution in [-0.4, -0.2) is 70.8 Å². The highest BCUT2D eigenvalue weighted by Crippen LogP contribution is 2.26. The van der Waals surface area contributed by atoms with Crippen molar-refractivity contribution in [3.63, 3.8) is 0 Å². The van der Waals surface area contributed by atoms with Crippen LogP contribution in [0, 0.1) is 6.92 Å². The van der Waals surface area contributed by atoms with Crippen LogP contribution in [0.5, 0.6) is 11.5 Å². The van der Waals surface area contributed by atoms with Gasteiger partial charge in [0.25, 0.3) is 0 Å². The third-order valence-electron chi connectivity index (χ3n) is 5.88. The maximum absolute atomic E-state index is 9.67. The van der Waals surface area contributed by atoms with Crippen molar-refractivity contribution in [1.82, 2.24) is 19.2 Å². The summed E-state index contributed by atoms with van der Waals surface area (Å²) >= 11 is 1.67. The van der Waals surface area contributed by atoms with E-state index in [1.54, 1.807) is 25.6 Å². The second-order valence-corrected chi connectivity index (χ2v) is 8.67. The summed E-state index contributed by atoms with van der Waals surface area (Å²) in [5.74, 6) is 1.61. The van der Waals surface area contributed by atoms with Gasteiger partial charge >= 0.3 is 0 Å². The van der Waals surface area contributed by atoms with Crippen molar-refractivity contribution in [2.24, 2.45) is 0 Å². The molecule has 2 aromatic heterocycles. The molecule has 1 unspecified atom stereocenters. The first kappa shape index (κ1) is 21.1. The summed E-state index contributed by atoms with van der Waals surface area (Å²) < 4.78 is 13.0. The third-order valence-corrected chi connectivity index (χ3v) is 6.64. The number of aliphatic hydroxyl groups excluding tert-OH is 1. The zero-order valence-corrected chi connectivity index (χ0v) is 18.7. The van der Waals surface area contributed by atoms with Gasteiger partial charge in [-0.05, 0) is 31.0 Å². The Hall–Kier alpha value is -2.13. The molecule has 0 amide bonds. The van der Waals surface area contributed by atoms with E-state index in [0.717, 1.165) is 66.9 Å². The van der Waals surface area contributed by atoms with Gasteiger partial charge in [-0.15, -0.1) is 11.3 Å². The number of imidazole rings is 1. The molecule has 4 rings (SSSR count). The molecule has 1 atom stereocenters. The number of benzene rings is 1. The number of rotatable bonds is 8. The minimum Gasteiger partial charge on any atom is -0.497 e. The van der Waals surface area contributed by atoms with Crippen LogP contribution in [0.4, 0.5) is 0 Å². The minimum absolute atomic E-state index is 0.191. The van der Waals surface area contributed by atoms with Gasteiger partial charge in [-0.2, -0.15) is 0 Å². The lowest BCUT2D eigenvalue weighted by Gasteiger charge is -2.41. The highest BCUT2D eigenvalue weighted by Gasteiger charge is 2.28. The Kier molecular flexibility index (Phi) is 6.58. The number of ether oxygens (including phenoxy) is 2. The second-order valence-electron chi connectivity index (χ2n) is 7.79. The summed E-state index contributed by atoms with van der Waals surface area (Å²) in [7, 11) is 3.35. The Morgan fingerprint density at radius 3 is 2.60 bits per heavy atom. The van der Waals surface area contributed by atoms with Crippen LogP contribution < -0.4 is 9.47 Å². The van der Waals surface area contributed by atoms with E-state index in [-0.39, 0.29) is 6.61 Å². The summed E-state index contributed by atoms with van der Waals surface area (Å²) in [6, 6.07) is 6.32. The monoisotopic (exact) mass is 430 g/mol. The predicted octanol–water partition coefficient (Wildman–Crippen LogP) is 2.79. The average molecular weight is 431 g/mol. The molecule has 1 saturated heterocycles. The molecule has 1 aliphatic heterocycles. The summed E-state index contributed by atoms with van der Waals surface area (Å²) in [5.41, 5.74) is 3.53. The lowest BCUT2D eigenvalue weighted by molar-refractivity contribution is 0.0491. The van der Waals surface area contributed by atoms with Gasteiger partial charge < -0.3 is 14.6 Å². The molecule has 3 aromatic rings.